The fourth-order valence-corrected chi connectivity index (χ4v) is 1.73. The van der Waals surface area contributed by atoms with E-state index in [-0.39, 0.29) is 15.6 Å². The van der Waals surface area contributed by atoms with E-state index in [0.717, 1.165) is 0 Å². The molecule has 0 amide bonds. The maximum Gasteiger partial charge on any atom is 0.286 e. The van der Waals surface area contributed by atoms with E-state index in [1.807, 2.05) is 0 Å². The van der Waals surface area contributed by atoms with Crippen LogP contribution in [-0.2, 0) is 10.8 Å². The largest absolute Gasteiger partial charge is 0.286 e. The van der Waals surface area contributed by atoms with Crippen molar-refractivity contribution in [3.05, 3.63) is 33.3 Å². The summed E-state index contributed by atoms with van der Waals surface area (Å²) in [7, 11) is -1.37. The second-order valence-electron chi connectivity index (χ2n) is 2.32. The molecule has 70 valence electrons. The van der Waals surface area contributed by atoms with Crippen LogP contribution in [0.4, 0.5) is 5.69 Å². The average Bonchev–Trinajstić information content (AvgIpc) is 2.03. The molecule has 0 spiro atoms. The molecule has 6 heteroatoms. The maximum atomic E-state index is 11.0. The second-order valence-corrected chi connectivity index (χ2v) is 4.11. The molecule has 0 radical (unpaired) electrons. The maximum absolute atomic E-state index is 11.0. The Balaban J connectivity index is 3.35. The molecule has 1 rings (SSSR count). The highest BCUT2D eigenvalue weighted by molar-refractivity contribution is 7.84. The van der Waals surface area contributed by atoms with Crippen LogP contribution in [0, 0.1) is 10.1 Å². The van der Waals surface area contributed by atoms with Crippen molar-refractivity contribution < 1.29 is 9.13 Å². The molecule has 0 fully saturated rings. The zero-order valence-corrected chi connectivity index (χ0v) is 8.26. The third kappa shape index (κ3) is 2.26. The molecule has 0 bridgehead atoms. The highest BCUT2D eigenvalue weighted by Crippen LogP contribution is 2.25. The number of halogens is 1. The molecule has 0 saturated carbocycles. The van der Waals surface area contributed by atoms with Crippen LogP contribution in [0.15, 0.2) is 23.1 Å². The molecule has 0 N–H and O–H groups in total. The lowest BCUT2D eigenvalue weighted by Crippen LogP contribution is -1.96. The van der Waals surface area contributed by atoms with Gasteiger partial charge in [-0.15, -0.1) is 0 Å². The van der Waals surface area contributed by atoms with Gasteiger partial charge < -0.3 is 0 Å². The van der Waals surface area contributed by atoms with E-state index >= 15 is 0 Å². The minimum absolute atomic E-state index is 0.189. The first kappa shape index (κ1) is 10.1. The van der Waals surface area contributed by atoms with Crippen LogP contribution in [0.2, 0.25) is 5.02 Å². The second kappa shape index (κ2) is 3.85. The van der Waals surface area contributed by atoms with Crippen LogP contribution in [0.25, 0.3) is 0 Å². The molecule has 1 unspecified atom stereocenters. The van der Waals surface area contributed by atoms with Gasteiger partial charge in [0.05, 0.1) is 15.7 Å². The third-order valence-electron chi connectivity index (χ3n) is 1.43. The molecule has 0 heterocycles. The van der Waals surface area contributed by atoms with Crippen LogP contribution >= 0.6 is 11.6 Å². The summed E-state index contributed by atoms with van der Waals surface area (Å²) >= 11 is 5.56. The van der Waals surface area contributed by atoms with Crippen LogP contribution in [0.1, 0.15) is 0 Å². The van der Waals surface area contributed by atoms with Crippen LogP contribution in [0.3, 0.4) is 0 Å². The fourth-order valence-electron chi connectivity index (χ4n) is 0.876. The molecule has 1 aromatic rings. The summed E-state index contributed by atoms with van der Waals surface area (Å²) in [5, 5.41) is 10.8. The number of rotatable bonds is 2. The van der Waals surface area contributed by atoms with Gasteiger partial charge >= 0.3 is 0 Å². The Kier molecular flexibility index (Phi) is 3.00. The Morgan fingerprint density at radius 3 is 2.62 bits per heavy atom. The van der Waals surface area contributed by atoms with E-state index in [1.165, 1.54) is 24.5 Å². The minimum atomic E-state index is -1.37. The van der Waals surface area contributed by atoms with Gasteiger partial charge in [0.25, 0.3) is 5.69 Å². The van der Waals surface area contributed by atoms with Crippen molar-refractivity contribution >= 4 is 28.1 Å². The van der Waals surface area contributed by atoms with E-state index in [2.05, 4.69) is 0 Å². The molecular formula is C7H6ClNO3S. The Bertz CT molecular complexity index is 380. The van der Waals surface area contributed by atoms with Gasteiger partial charge in [0.15, 0.2) is 0 Å². The summed E-state index contributed by atoms with van der Waals surface area (Å²) in [6.07, 6.45) is 1.39. The van der Waals surface area contributed by atoms with Gasteiger partial charge in [0.2, 0.25) is 0 Å². The standard InChI is InChI=1S/C7H6ClNO3S/c1-13(12)7-3-2-5(8)4-6(7)9(10)11/h2-4H,1H3. The van der Waals surface area contributed by atoms with Gasteiger partial charge in [-0.1, -0.05) is 11.6 Å². The van der Waals surface area contributed by atoms with E-state index in [1.54, 1.807) is 0 Å². The van der Waals surface area contributed by atoms with Gasteiger partial charge in [-0.05, 0) is 12.1 Å². The number of hydrogen-bond acceptors (Lipinski definition) is 3. The quantitative estimate of drug-likeness (QED) is 0.565. The topological polar surface area (TPSA) is 60.2 Å². The molecule has 4 nitrogen and oxygen atoms in total. The molecular weight excluding hydrogens is 214 g/mol. The van der Waals surface area contributed by atoms with Crippen LogP contribution < -0.4 is 0 Å². The lowest BCUT2D eigenvalue weighted by Gasteiger charge is -1.98. The highest BCUT2D eigenvalue weighted by Gasteiger charge is 2.16. The first-order valence-electron chi connectivity index (χ1n) is 3.29. The Labute approximate surface area is 82.1 Å². The molecule has 13 heavy (non-hydrogen) atoms. The number of nitrogens with zero attached hydrogens (tertiary/aromatic N) is 1. The van der Waals surface area contributed by atoms with Gasteiger partial charge in [0, 0.05) is 17.3 Å². The summed E-state index contributed by atoms with van der Waals surface area (Å²) in [6.45, 7) is 0. The lowest BCUT2D eigenvalue weighted by atomic mass is 10.3. The molecule has 0 aliphatic rings. The average molecular weight is 220 g/mol. The molecule has 1 atom stereocenters. The predicted octanol–water partition coefficient (Wildman–Crippen LogP) is 1.99. The van der Waals surface area contributed by atoms with E-state index in [0.29, 0.717) is 0 Å². The normalized spacial score (nSPS) is 12.5. The van der Waals surface area contributed by atoms with Crippen molar-refractivity contribution in [1.82, 2.24) is 0 Å². The van der Waals surface area contributed by atoms with Crippen molar-refractivity contribution in [1.29, 1.82) is 0 Å². The Hall–Kier alpha value is -0.940. The van der Waals surface area contributed by atoms with E-state index in [9.17, 15) is 14.3 Å². The molecule has 0 aliphatic heterocycles. The van der Waals surface area contributed by atoms with Crippen molar-refractivity contribution in [2.45, 2.75) is 4.90 Å². The number of benzene rings is 1. The summed E-state index contributed by atoms with van der Waals surface area (Å²) in [5.74, 6) is 0. The first-order chi connectivity index (χ1) is 6.02. The Morgan fingerprint density at radius 2 is 2.15 bits per heavy atom. The van der Waals surface area contributed by atoms with Gasteiger partial charge in [-0.2, -0.15) is 0 Å². The zero-order chi connectivity index (χ0) is 10.0. The molecule has 0 aromatic heterocycles. The third-order valence-corrected chi connectivity index (χ3v) is 2.63. The molecule has 0 saturated heterocycles. The fraction of sp³-hybridized carbons (Fsp3) is 0.143. The smallest absolute Gasteiger partial charge is 0.258 e. The van der Waals surface area contributed by atoms with E-state index < -0.39 is 15.7 Å². The summed E-state index contributed by atoms with van der Waals surface area (Å²) in [4.78, 5) is 10.1. The molecule has 0 aliphatic carbocycles. The number of hydrogen-bond donors (Lipinski definition) is 0. The van der Waals surface area contributed by atoms with Crippen molar-refractivity contribution in [3.8, 4) is 0 Å². The van der Waals surface area contributed by atoms with Crippen molar-refractivity contribution in [2.24, 2.45) is 0 Å². The lowest BCUT2D eigenvalue weighted by molar-refractivity contribution is -0.387. The predicted molar refractivity (Wildman–Crippen MR) is 50.4 cm³/mol. The summed E-state index contributed by atoms with van der Waals surface area (Å²) in [6, 6.07) is 4.07. The zero-order valence-electron chi connectivity index (χ0n) is 6.69. The SMILES string of the molecule is CS(=O)c1ccc(Cl)cc1[N+](=O)[O-]. The van der Waals surface area contributed by atoms with Gasteiger partial charge in [0.1, 0.15) is 4.90 Å². The molecule has 1 aromatic carbocycles. The Morgan fingerprint density at radius 1 is 1.54 bits per heavy atom. The van der Waals surface area contributed by atoms with E-state index in [4.69, 9.17) is 11.6 Å². The highest BCUT2D eigenvalue weighted by atomic mass is 35.5. The van der Waals surface area contributed by atoms with Gasteiger partial charge in [-0.25, -0.2) is 0 Å². The van der Waals surface area contributed by atoms with Crippen LogP contribution in [0.5, 0.6) is 0 Å². The first-order valence-corrected chi connectivity index (χ1v) is 5.23. The van der Waals surface area contributed by atoms with Gasteiger partial charge in [-0.3, -0.25) is 14.3 Å². The number of nitro benzene ring substituents is 1. The van der Waals surface area contributed by atoms with Crippen molar-refractivity contribution in [2.75, 3.05) is 6.26 Å². The van der Waals surface area contributed by atoms with Crippen LogP contribution in [-0.4, -0.2) is 15.4 Å². The monoisotopic (exact) mass is 219 g/mol. The summed E-state index contributed by atoms with van der Waals surface area (Å²) in [5.41, 5.74) is -0.201. The number of nitro groups is 1. The minimum Gasteiger partial charge on any atom is -0.258 e. The summed E-state index contributed by atoms with van der Waals surface area (Å²) < 4.78 is 11.0. The van der Waals surface area contributed by atoms with Crippen molar-refractivity contribution in [3.63, 3.8) is 0 Å².